The van der Waals surface area contributed by atoms with Crippen LogP contribution in [-0.2, 0) is 26.6 Å². The van der Waals surface area contributed by atoms with E-state index in [2.05, 4.69) is 48.4 Å². The molecule has 0 amide bonds. The molecule has 2 rings (SSSR count). The van der Waals surface area contributed by atoms with Crippen LogP contribution in [0, 0.1) is 0 Å². The lowest BCUT2D eigenvalue weighted by Gasteiger charge is -2.09. The van der Waals surface area contributed by atoms with E-state index in [0.29, 0.717) is 5.92 Å². The minimum Gasteiger partial charge on any atom is -0.307 e. The monoisotopic (exact) mass is 272 g/mol. The minimum atomic E-state index is 0.453. The Morgan fingerprint density at radius 3 is 2.75 bits per heavy atom. The van der Waals surface area contributed by atoms with Crippen LogP contribution in [0.25, 0.3) is 0 Å². The normalized spacial score (nSPS) is 11.2. The second kappa shape index (κ2) is 6.66. The lowest BCUT2D eigenvalue weighted by atomic mass is 10.1. The van der Waals surface area contributed by atoms with E-state index < -0.39 is 0 Å². The molecule has 108 valence electrons. The van der Waals surface area contributed by atoms with Crippen molar-refractivity contribution in [2.45, 2.75) is 46.2 Å². The molecule has 2 aromatic rings. The van der Waals surface area contributed by atoms with Gasteiger partial charge in [0.25, 0.3) is 0 Å². The molecular weight excluding hydrogens is 248 g/mol. The molecule has 0 aliphatic carbocycles. The van der Waals surface area contributed by atoms with Gasteiger partial charge in [-0.15, -0.1) is 0 Å². The van der Waals surface area contributed by atoms with Crippen LogP contribution in [-0.4, -0.2) is 14.8 Å². The van der Waals surface area contributed by atoms with Gasteiger partial charge in [-0.2, -0.15) is 5.10 Å². The van der Waals surface area contributed by atoms with Crippen molar-refractivity contribution in [3.63, 3.8) is 0 Å². The van der Waals surface area contributed by atoms with Gasteiger partial charge >= 0.3 is 0 Å². The lowest BCUT2D eigenvalue weighted by Crippen LogP contribution is -2.16. The Morgan fingerprint density at radius 1 is 1.25 bits per heavy atom. The number of hydrogen-bond donors (Lipinski definition) is 1. The smallest absolute Gasteiger partial charge is 0.0694 e. The zero-order valence-corrected chi connectivity index (χ0v) is 12.8. The summed E-state index contributed by atoms with van der Waals surface area (Å²) in [5.41, 5.74) is 4.91. The van der Waals surface area contributed by atoms with Crippen molar-refractivity contribution in [2.24, 2.45) is 7.05 Å². The molecule has 2 heterocycles. The van der Waals surface area contributed by atoms with Gasteiger partial charge in [0.15, 0.2) is 0 Å². The molecule has 0 aromatic carbocycles. The molecule has 4 heteroatoms. The number of hydrogen-bond acceptors (Lipinski definition) is 3. The van der Waals surface area contributed by atoms with Crippen LogP contribution in [0.2, 0.25) is 0 Å². The molecule has 20 heavy (non-hydrogen) atoms. The molecule has 0 atom stereocenters. The number of rotatable bonds is 6. The van der Waals surface area contributed by atoms with Gasteiger partial charge in [0.1, 0.15) is 0 Å². The summed E-state index contributed by atoms with van der Waals surface area (Å²) < 4.78 is 1.89. The summed E-state index contributed by atoms with van der Waals surface area (Å²) in [6, 6.07) is 4.15. The fraction of sp³-hybridized carbons (Fsp3) is 0.500. The average Bonchev–Trinajstić information content (AvgIpc) is 2.81. The predicted molar refractivity (Wildman–Crippen MR) is 81.5 cm³/mol. The maximum Gasteiger partial charge on any atom is 0.0694 e. The Labute approximate surface area is 121 Å². The number of nitrogens with one attached hydrogen (secondary N) is 1. The Kier molecular flexibility index (Phi) is 4.90. The van der Waals surface area contributed by atoms with E-state index in [0.717, 1.165) is 25.2 Å². The van der Waals surface area contributed by atoms with Crippen LogP contribution in [0.4, 0.5) is 0 Å². The molecule has 0 aliphatic rings. The van der Waals surface area contributed by atoms with Crippen LogP contribution in [0.3, 0.4) is 0 Å². The van der Waals surface area contributed by atoms with Crippen molar-refractivity contribution in [3.8, 4) is 0 Å². The lowest BCUT2D eigenvalue weighted by molar-refractivity contribution is 0.662. The van der Waals surface area contributed by atoms with Gasteiger partial charge in [-0.05, 0) is 24.0 Å². The van der Waals surface area contributed by atoms with Crippen LogP contribution >= 0.6 is 0 Å². The van der Waals surface area contributed by atoms with Gasteiger partial charge in [0.2, 0.25) is 0 Å². The summed E-state index contributed by atoms with van der Waals surface area (Å²) in [5, 5.41) is 8.02. The molecule has 4 nitrogen and oxygen atoms in total. The van der Waals surface area contributed by atoms with Gasteiger partial charge < -0.3 is 5.32 Å². The first-order valence-corrected chi connectivity index (χ1v) is 7.27. The predicted octanol–water partition coefficient (Wildman–Crippen LogP) is 2.79. The zero-order chi connectivity index (χ0) is 14.5. The Morgan fingerprint density at radius 2 is 2.05 bits per heavy atom. The van der Waals surface area contributed by atoms with Crippen molar-refractivity contribution < 1.29 is 0 Å². The van der Waals surface area contributed by atoms with E-state index in [1.54, 1.807) is 0 Å². The van der Waals surface area contributed by atoms with E-state index in [4.69, 9.17) is 0 Å². The minimum absolute atomic E-state index is 0.453. The molecule has 0 saturated carbocycles. The maximum atomic E-state index is 4.53. The summed E-state index contributed by atoms with van der Waals surface area (Å²) in [5.74, 6) is 0.453. The summed E-state index contributed by atoms with van der Waals surface area (Å²) in [6.07, 6.45) is 4.98. The molecule has 0 unspecified atom stereocenters. The Hall–Kier alpha value is -1.68. The van der Waals surface area contributed by atoms with Gasteiger partial charge in [-0.25, -0.2) is 0 Å². The molecule has 1 N–H and O–H groups in total. The van der Waals surface area contributed by atoms with E-state index in [1.807, 2.05) is 24.0 Å². The molecule has 0 saturated heterocycles. The van der Waals surface area contributed by atoms with Crippen molar-refractivity contribution in [2.75, 3.05) is 0 Å². The fourth-order valence-corrected chi connectivity index (χ4v) is 2.45. The third-order valence-corrected chi connectivity index (χ3v) is 3.46. The Bertz CT molecular complexity index is 557. The topological polar surface area (TPSA) is 42.7 Å². The summed E-state index contributed by atoms with van der Waals surface area (Å²) in [4.78, 5) is 4.46. The first kappa shape index (κ1) is 14.7. The quantitative estimate of drug-likeness (QED) is 0.879. The SMILES string of the molecule is CCc1cccnc1CNCc1cn(C)nc1C(C)C. The van der Waals surface area contributed by atoms with E-state index in [-0.39, 0.29) is 0 Å². The van der Waals surface area contributed by atoms with Gasteiger partial charge in [-0.3, -0.25) is 9.67 Å². The van der Waals surface area contributed by atoms with Crippen molar-refractivity contribution in [3.05, 3.63) is 47.0 Å². The second-order valence-corrected chi connectivity index (χ2v) is 5.43. The van der Waals surface area contributed by atoms with E-state index in [9.17, 15) is 0 Å². The molecule has 0 bridgehead atoms. The maximum absolute atomic E-state index is 4.53. The summed E-state index contributed by atoms with van der Waals surface area (Å²) in [6.45, 7) is 8.16. The molecule has 0 fully saturated rings. The highest BCUT2D eigenvalue weighted by Gasteiger charge is 2.11. The number of nitrogens with zero attached hydrogens (tertiary/aromatic N) is 3. The highest BCUT2D eigenvalue weighted by Crippen LogP contribution is 2.17. The largest absolute Gasteiger partial charge is 0.307 e. The number of pyridine rings is 1. The zero-order valence-electron chi connectivity index (χ0n) is 12.8. The standard InChI is InChI=1S/C16H24N4/c1-5-13-7-6-8-18-15(13)10-17-9-14-11-20(4)19-16(14)12(2)3/h6-8,11-12,17H,5,9-10H2,1-4H3. The average molecular weight is 272 g/mol. The van der Waals surface area contributed by atoms with Crippen molar-refractivity contribution in [1.29, 1.82) is 0 Å². The van der Waals surface area contributed by atoms with Crippen LogP contribution < -0.4 is 5.32 Å². The van der Waals surface area contributed by atoms with Crippen LogP contribution in [0.1, 0.15) is 49.2 Å². The van der Waals surface area contributed by atoms with E-state index in [1.165, 1.54) is 16.8 Å². The third-order valence-electron chi connectivity index (χ3n) is 3.46. The van der Waals surface area contributed by atoms with E-state index >= 15 is 0 Å². The summed E-state index contributed by atoms with van der Waals surface area (Å²) >= 11 is 0. The van der Waals surface area contributed by atoms with Crippen molar-refractivity contribution in [1.82, 2.24) is 20.1 Å². The van der Waals surface area contributed by atoms with Crippen LogP contribution in [0.15, 0.2) is 24.5 Å². The highest BCUT2D eigenvalue weighted by atomic mass is 15.3. The van der Waals surface area contributed by atoms with Gasteiger partial charge in [0, 0.05) is 38.1 Å². The fourth-order valence-electron chi connectivity index (χ4n) is 2.45. The third kappa shape index (κ3) is 3.45. The molecule has 0 spiro atoms. The van der Waals surface area contributed by atoms with Crippen LogP contribution in [0.5, 0.6) is 0 Å². The van der Waals surface area contributed by atoms with Gasteiger partial charge in [-0.1, -0.05) is 26.8 Å². The van der Waals surface area contributed by atoms with Crippen molar-refractivity contribution >= 4 is 0 Å². The first-order chi connectivity index (χ1) is 9.61. The first-order valence-electron chi connectivity index (χ1n) is 7.27. The number of aryl methyl sites for hydroxylation is 2. The second-order valence-electron chi connectivity index (χ2n) is 5.43. The molecule has 0 aliphatic heterocycles. The van der Waals surface area contributed by atoms with Gasteiger partial charge in [0.05, 0.1) is 11.4 Å². The Balaban J connectivity index is 1.99. The molecular formula is C16H24N4. The number of aromatic nitrogens is 3. The molecule has 0 radical (unpaired) electrons. The molecule has 2 aromatic heterocycles. The highest BCUT2D eigenvalue weighted by molar-refractivity contribution is 5.21. The summed E-state index contributed by atoms with van der Waals surface area (Å²) in [7, 11) is 1.98.